The zero-order chi connectivity index (χ0) is 19.4. The highest BCUT2D eigenvalue weighted by atomic mass is 35.5. The molecule has 0 spiro atoms. The molecule has 3 aromatic rings. The third kappa shape index (κ3) is 4.72. The molecule has 0 aliphatic carbocycles. The first-order valence-electron chi connectivity index (χ1n) is 8.65. The Morgan fingerprint density at radius 3 is 2.59 bits per heavy atom. The van der Waals surface area contributed by atoms with E-state index in [0.29, 0.717) is 29.6 Å². The lowest BCUT2D eigenvalue weighted by Gasteiger charge is -2.24. The van der Waals surface area contributed by atoms with Gasteiger partial charge in [-0.15, -0.1) is 0 Å². The Kier molecular flexibility index (Phi) is 5.58. The van der Waals surface area contributed by atoms with Gasteiger partial charge < -0.3 is 11.1 Å². The molecule has 0 aliphatic rings. The molecule has 0 bridgehead atoms. The van der Waals surface area contributed by atoms with Crippen LogP contribution < -0.4 is 11.1 Å². The normalized spacial score (nSPS) is 11.4. The minimum atomic E-state index is -0.580. The predicted molar refractivity (Wildman–Crippen MR) is 107 cm³/mol. The summed E-state index contributed by atoms with van der Waals surface area (Å²) in [6.07, 6.45) is 0.594. The van der Waals surface area contributed by atoms with Crippen LogP contribution in [-0.4, -0.2) is 21.1 Å². The van der Waals surface area contributed by atoms with Crippen LogP contribution >= 0.6 is 11.6 Å². The molecular weight excluding hydrogens is 362 g/mol. The smallest absolute Gasteiger partial charge is 0.230 e. The van der Waals surface area contributed by atoms with E-state index in [2.05, 4.69) is 20.5 Å². The summed E-state index contributed by atoms with van der Waals surface area (Å²) in [5, 5.41) is 10.6. The van der Waals surface area contributed by atoms with E-state index >= 15 is 0 Å². The molecule has 4 N–H and O–H groups in total. The molecule has 27 heavy (non-hydrogen) atoms. The number of aromatic nitrogens is 3. The van der Waals surface area contributed by atoms with E-state index in [1.807, 2.05) is 62.4 Å². The van der Waals surface area contributed by atoms with Gasteiger partial charge in [0.2, 0.25) is 5.91 Å². The van der Waals surface area contributed by atoms with Gasteiger partial charge in [-0.05, 0) is 48.4 Å². The van der Waals surface area contributed by atoms with Crippen LogP contribution in [0.4, 0.5) is 5.69 Å². The third-order valence-electron chi connectivity index (χ3n) is 4.28. The van der Waals surface area contributed by atoms with E-state index in [-0.39, 0.29) is 5.91 Å². The second-order valence-corrected chi connectivity index (χ2v) is 7.47. The van der Waals surface area contributed by atoms with Crippen LogP contribution in [0.15, 0.2) is 48.5 Å². The van der Waals surface area contributed by atoms with E-state index in [9.17, 15) is 4.79 Å². The molecule has 7 heteroatoms. The number of aromatic amines is 1. The summed E-state index contributed by atoms with van der Waals surface area (Å²) >= 11 is 6.04. The summed E-state index contributed by atoms with van der Waals surface area (Å²) in [4.78, 5) is 17.0. The van der Waals surface area contributed by atoms with E-state index in [0.717, 1.165) is 16.8 Å². The fourth-order valence-corrected chi connectivity index (χ4v) is 2.97. The molecule has 3 rings (SSSR count). The number of hydrogen-bond donors (Lipinski definition) is 3. The van der Waals surface area contributed by atoms with Crippen molar-refractivity contribution >= 4 is 23.2 Å². The molecule has 1 aromatic heterocycles. The van der Waals surface area contributed by atoms with E-state index < -0.39 is 5.41 Å². The van der Waals surface area contributed by atoms with Gasteiger partial charge in [-0.25, -0.2) is 4.98 Å². The molecule has 1 heterocycles. The van der Waals surface area contributed by atoms with Crippen molar-refractivity contribution in [2.75, 3.05) is 5.32 Å². The lowest BCUT2D eigenvalue weighted by atomic mass is 9.84. The number of rotatable bonds is 6. The standard InChI is InChI=1S/C20H22ClN5O/c1-20(2,11-13-4-3-5-15(21)10-13)19(27)23-16-8-6-14(7-9-16)18-24-17(12-22)25-26-18/h3-10H,11-12,22H2,1-2H3,(H,23,27)(H,24,25,26). The van der Waals surface area contributed by atoms with Gasteiger partial charge in [0, 0.05) is 21.7 Å². The van der Waals surface area contributed by atoms with E-state index in [1.165, 1.54) is 0 Å². The topological polar surface area (TPSA) is 96.7 Å². The maximum Gasteiger partial charge on any atom is 0.230 e. The van der Waals surface area contributed by atoms with Crippen LogP contribution in [0.5, 0.6) is 0 Å². The maximum atomic E-state index is 12.7. The van der Waals surface area contributed by atoms with Crippen LogP contribution in [0.2, 0.25) is 5.02 Å². The largest absolute Gasteiger partial charge is 0.326 e. The van der Waals surface area contributed by atoms with Crippen LogP contribution in [0, 0.1) is 5.41 Å². The summed E-state index contributed by atoms with van der Waals surface area (Å²) in [5.41, 5.74) is 7.55. The first-order chi connectivity index (χ1) is 12.9. The van der Waals surface area contributed by atoms with Gasteiger partial charge in [0.25, 0.3) is 0 Å². The minimum Gasteiger partial charge on any atom is -0.326 e. The number of H-pyrrole nitrogens is 1. The molecule has 0 saturated heterocycles. The van der Waals surface area contributed by atoms with Crippen molar-refractivity contribution in [1.82, 2.24) is 15.2 Å². The molecule has 140 valence electrons. The van der Waals surface area contributed by atoms with Gasteiger partial charge in [0.1, 0.15) is 5.82 Å². The molecule has 0 fully saturated rings. The lowest BCUT2D eigenvalue weighted by molar-refractivity contribution is -0.123. The van der Waals surface area contributed by atoms with Crippen molar-refractivity contribution in [3.05, 3.63) is 64.9 Å². The second-order valence-electron chi connectivity index (χ2n) is 7.03. The quantitative estimate of drug-likeness (QED) is 0.603. The van der Waals surface area contributed by atoms with Gasteiger partial charge in [-0.2, -0.15) is 5.10 Å². The van der Waals surface area contributed by atoms with E-state index in [1.54, 1.807) is 0 Å². The molecule has 0 unspecified atom stereocenters. The van der Waals surface area contributed by atoms with Gasteiger partial charge in [0.15, 0.2) is 5.82 Å². The fraction of sp³-hybridized carbons (Fsp3) is 0.250. The maximum absolute atomic E-state index is 12.7. The number of nitrogens with two attached hydrogens (primary N) is 1. The number of anilines is 1. The molecular formula is C20H22ClN5O. The summed E-state index contributed by atoms with van der Waals surface area (Å²) in [7, 11) is 0. The monoisotopic (exact) mass is 383 g/mol. The van der Waals surface area contributed by atoms with Crippen LogP contribution in [-0.2, 0) is 17.8 Å². The fourth-order valence-electron chi connectivity index (χ4n) is 2.76. The van der Waals surface area contributed by atoms with Gasteiger partial charge in [0.05, 0.1) is 6.54 Å². The second kappa shape index (κ2) is 7.90. The molecule has 6 nitrogen and oxygen atoms in total. The SMILES string of the molecule is CC(C)(Cc1cccc(Cl)c1)C(=O)Nc1ccc(-c2n[nH]c(CN)n2)cc1. The van der Waals surface area contributed by atoms with E-state index in [4.69, 9.17) is 17.3 Å². The Labute approximate surface area is 163 Å². The molecule has 0 saturated carbocycles. The Morgan fingerprint density at radius 2 is 1.96 bits per heavy atom. The van der Waals surface area contributed by atoms with Crippen molar-refractivity contribution in [2.24, 2.45) is 11.1 Å². The Morgan fingerprint density at radius 1 is 1.22 bits per heavy atom. The van der Waals surface area contributed by atoms with Crippen molar-refractivity contribution in [3.8, 4) is 11.4 Å². The minimum absolute atomic E-state index is 0.0569. The first-order valence-corrected chi connectivity index (χ1v) is 9.03. The van der Waals surface area contributed by atoms with Crippen molar-refractivity contribution in [2.45, 2.75) is 26.8 Å². The van der Waals surface area contributed by atoms with Crippen LogP contribution in [0.25, 0.3) is 11.4 Å². The van der Waals surface area contributed by atoms with Crippen molar-refractivity contribution < 1.29 is 4.79 Å². The summed E-state index contributed by atoms with van der Waals surface area (Å²) in [5.74, 6) is 1.15. The number of benzene rings is 2. The number of carbonyl (C=O) groups is 1. The average Bonchev–Trinajstić information content (AvgIpc) is 3.11. The Balaban J connectivity index is 1.67. The highest BCUT2D eigenvalue weighted by molar-refractivity contribution is 6.30. The summed E-state index contributed by atoms with van der Waals surface area (Å²) < 4.78 is 0. The Hall–Kier alpha value is -2.70. The molecule has 2 aromatic carbocycles. The zero-order valence-corrected chi connectivity index (χ0v) is 16.0. The number of halogens is 1. The number of nitrogens with one attached hydrogen (secondary N) is 2. The molecule has 0 aliphatic heterocycles. The zero-order valence-electron chi connectivity index (χ0n) is 15.3. The molecule has 0 radical (unpaired) electrons. The summed E-state index contributed by atoms with van der Waals surface area (Å²) in [6, 6.07) is 15.0. The van der Waals surface area contributed by atoms with Crippen LogP contribution in [0.3, 0.4) is 0 Å². The molecule has 0 atom stereocenters. The average molecular weight is 384 g/mol. The van der Waals surface area contributed by atoms with Crippen molar-refractivity contribution in [1.29, 1.82) is 0 Å². The first kappa shape index (κ1) is 19.1. The number of nitrogens with zero attached hydrogens (tertiary/aromatic N) is 2. The summed E-state index contributed by atoms with van der Waals surface area (Å²) in [6.45, 7) is 4.14. The van der Waals surface area contributed by atoms with Gasteiger partial charge >= 0.3 is 0 Å². The third-order valence-corrected chi connectivity index (χ3v) is 4.51. The highest BCUT2D eigenvalue weighted by Crippen LogP contribution is 2.26. The lowest BCUT2D eigenvalue weighted by Crippen LogP contribution is -2.32. The van der Waals surface area contributed by atoms with Crippen LogP contribution in [0.1, 0.15) is 25.2 Å². The highest BCUT2D eigenvalue weighted by Gasteiger charge is 2.28. The molecule has 1 amide bonds. The predicted octanol–water partition coefficient (Wildman–Crippen LogP) is 3.79. The Bertz CT molecular complexity index is 934. The number of hydrogen-bond acceptors (Lipinski definition) is 4. The number of carbonyl (C=O) groups excluding carboxylic acids is 1. The van der Waals surface area contributed by atoms with Gasteiger partial charge in [-0.1, -0.05) is 37.6 Å². The number of amides is 1. The van der Waals surface area contributed by atoms with Crippen molar-refractivity contribution in [3.63, 3.8) is 0 Å². The van der Waals surface area contributed by atoms with Gasteiger partial charge in [-0.3, -0.25) is 9.89 Å².